The minimum Gasteiger partial charge on any atom is -0.486 e. The van der Waals surface area contributed by atoms with Gasteiger partial charge in [-0.2, -0.15) is 0 Å². The van der Waals surface area contributed by atoms with E-state index in [1.54, 1.807) is 4.90 Å². The van der Waals surface area contributed by atoms with Gasteiger partial charge in [-0.15, -0.1) is 0 Å². The summed E-state index contributed by atoms with van der Waals surface area (Å²) in [6.45, 7) is 8.20. The predicted octanol–water partition coefficient (Wildman–Crippen LogP) is 3.50. The smallest absolute Gasteiger partial charge is 0.260 e. The Morgan fingerprint density at radius 3 is 2.69 bits per heavy atom. The van der Waals surface area contributed by atoms with Crippen molar-refractivity contribution < 1.29 is 19.0 Å². The number of ether oxygens (including phenoxy) is 3. The van der Waals surface area contributed by atoms with Gasteiger partial charge in [0, 0.05) is 18.7 Å². The molecule has 5 heteroatoms. The van der Waals surface area contributed by atoms with Crippen molar-refractivity contribution in [3.8, 4) is 17.2 Å². The number of nitrogens with zero attached hydrogens (tertiary/aromatic N) is 1. The first kappa shape index (κ1) is 18.1. The molecule has 138 valence electrons. The molecule has 1 aliphatic rings. The van der Waals surface area contributed by atoms with E-state index in [0.29, 0.717) is 32.1 Å². The first-order valence-corrected chi connectivity index (χ1v) is 8.93. The number of hydrogen-bond acceptors (Lipinski definition) is 4. The molecule has 0 fully saturated rings. The van der Waals surface area contributed by atoms with E-state index in [-0.39, 0.29) is 12.5 Å². The second-order valence-electron chi connectivity index (χ2n) is 6.38. The predicted molar refractivity (Wildman–Crippen MR) is 99.9 cm³/mol. The molecule has 0 aliphatic carbocycles. The average molecular weight is 355 g/mol. The maximum Gasteiger partial charge on any atom is 0.260 e. The molecule has 0 N–H and O–H groups in total. The van der Waals surface area contributed by atoms with Gasteiger partial charge in [-0.05, 0) is 50.1 Å². The van der Waals surface area contributed by atoms with Crippen molar-refractivity contribution in [3.05, 3.63) is 53.1 Å². The normalized spacial score (nSPS) is 12.6. The molecule has 1 amide bonds. The Morgan fingerprint density at radius 1 is 1.12 bits per heavy atom. The molecule has 2 aromatic rings. The second-order valence-corrected chi connectivity index (χ2v) is 6.38. The molecule has 0 unspecified atom stereocenters. The van der Waals surface area contributed by atoms with Crippen LogP contribution in [0.1, 0.15) is 23.6 Å². The number of carbonyl (C=O) groups excluding carboxylic acids is 1. The molecule has 0 radical (unpaired) electrons. The highest BCUT2D eigenvalue weighted by Gasteiger charge is 2.20. The Bertz CT molecular complexity index is 788. The number of aryl methyl sites for hydroxylation is 2. The van der Waals surface area contributed by atoms with Gasteiger partial charge in [0.15, 0.2) is 18.1 Å². The molecular formula is C21H25NO4. The molecule has 3 rings (SSSR count). The lowest BCUT2D eigenvalue weighted by Gasteiger charge is -2.25. The largest absolute Gasteiger partial charge is 0.486 e. The van der Waals surface area contributed by atoms with Crippen molar-refractivity contribution in [1.82, 2.24) is 4.90 Å². The van der Waals surface area contributed by atoms with Gasteiger partial charge in [0.2, 0.25) is 0 Å². The summed E-state index contributed by atoms with van der Waals surface area (Å²) in [6.07, 6.45) is 0. The summed E-state index contributed by atoms with van der Waals surface area (Å²) in [5.41, 5.74) is 3.30. The molecule has 26 heavy (non-hydrogen) atoms. The SMILES string of the molecule is CCN(Cc1cccc2c1OCCO2)C(=O)COc1ccc(C)c(C)c1. The number of carbonyl (C=O) groups is 1. The fourth-order valence-corrected chi connectivity index (χ4v) is 2.88. The summed E-state index contributed by atoms with van der Waals surface area (Å²) >= 11 is 0. The molecule has 0 saturated carbocycles. The molecule has 0 atom stereocenters. The summed E-state index contributed by atoms with van der Waals surface area (Å²) in [7, 11) is 0. The van der Waals surface area contributed by atoms with Crippen LogP contribution in [0, 0.1) is 13.8 Å². The zero-order chi connectivity index (χ0) is 18.5. The quantitative estimate of drug-likeness (QED) is 0.796. The van der Waals surface area contributed by atoms with E-state index in [9.17, 15) is 4.79 Å². The number of benzene rings is 2. The van der Waals surface area contributed by atoms with Crippen molar-refractivity contribution in [2.45, 2.75) is 27.3 Å². The number of amides is 1. The molecule has 1 heterocycles. The van der Waals surface area contributed by atoms with E-state index < -0.39 is 0 Å². The Kier molecular flexibility index (Phi) is 5.66. The van der Waals surface area contributed by atoms with Gasteiger partial charge < -0.3 is 19.1 Å². The Balaban J connectivity index is 1.65. The van der Waals surface area contributed by atoms with E-state index in [1.165, 1.54) is 5.56 Å². The Hall–Kier alpha value is -2.69. The van der Waals surface area contributed by atoms with Crippen LogP contribution in [0.4, 0.5) is 0 Å². The standard InChI is InChI=1S/C21H25NO4/c1-4-22(13-17-6-5-7-19-21(17)25-11-10-24-19)20(23)14-26-18-9-8-15(2)16(3)12-18/h5-9,12H,4,10-11,13-14H2,1-3H3. The highest BCUT2D eigenvalue weighted by atomic mass is 16.6. The molecule has 5 nitrogen and oxygen atoms in total. The van der Waals surface area contributed by atoms with Crippen molar-refractivity contribution >= 4 is 5.91 Å². The molecular weight excluding hydrogens is 330 g/mol. The third kappa shape index (κ3) is 4.10. The third-order valence-corrected chi connectivity index (χ3v) is 4.58. The van der Waals surface area contributed by atoms with E-state index in [0.717, 1.165) is 22.6 Å². The van der Waals surface area contributed by atoms with Gasteiger partial charge in [0.25, 0.3) is 5.91 Å². The van der Waals surface area contributed by atoms with Crippen molar-refractivity contribution in [2.24, 2.45) is 0 Å². The lowest BCUT2D eigenvalue weighted by molar-refractivity contribution is -0.133. The second kappa shape index (κ2) is 8.13. The zero-order valence-corrected chi connectivity index (χ0v) is 15.6. The summed E-state index contributed by atoms with van der Waals surface area (Å²) < 4.78 is 17.0. The molecule has 0 bridgehead atoms. The average Bonchev–Trinajstić information content (AvgIpc) is 2.66. The first-order chi connectivity index (χ1) is 12.6. The van der Waals surface area contributed by atoms with Gasteiger partial charge in [-0.1, -0.05) is 18.2 Å². The molecule has 0 saturated heterocycles. The van der Waals surface area contributed by atoms with Crippen LogP contribution >= 0.6 is 0 Å². The lowest BCUT2D eigenvalue weighted by Crippen LogP contribution is -2.34. The monoisotopic (exact) mass is 355 g/mol. The Labute approximate surface area is 154 Å². The van der Waals surface area contributed by atoms with Crippen molar-refractivity contribution in [3.63, 3.8) is 0 Å². The van der Waals surface area contributed by atoms with Crippen molar-refractivity contribution in [1.29, 1.82) is 0 Å². The van der Waals surface area contributed by atoms with Gasteiger partial charge >= 0.3 is 0 Å². The van der Waals surface area contributed by atoms with E-state index in [2.05, 4.69) is 6.92 Å². The zero-order valence-electron chi connectivity index (χ0n) is 15.6. The molecule has 0 aromatic heterocycles. The van der Waals surface area contributed by atoms with Gasteiger partial charge in [0.1, 0.15) is 19.0 Å². The topological polar surface area (TPSA) is 48.0 Å². The first-order valence-electron chi connectivity index (χ1n) is 8.93. The number of hydrogen-bond donors (Lipinski definition) is 0. The number of fused-ring (bicyclic) bond motifs is 1. The minimum absolute atomic E-state index is 0.0166. The summed E-state index contributed by atoms with van der Waals surface area (Å²) in [6, 6.07) is 11.6. The van der Waals surface area contributed by atoms with E-state index in [4.69, 9.17) is 14.2 Å². The summed E-state index contributed by atoms with van der Waals surface area (Å²) in [5, 5.41) is 0. The fourth-order valence-electron chi connectivity index (χ4n) is 2.88. The van der Waals surface area contributed by atoms with Crippen LogP contribution in [0.25, 0.3) is 0 Å². The molecule has 2 aromatic carbocycles. The fraction of sp³-hybridized carbons (Fsp3) is 0.381. The highest BCUT2D eigenvalue weighted by molar-refractivity contribution is 5.78. The highest BCUT2D eigenvalue weighted by Crippen LogP contribution is 2.34. The van der Waals surface area contributed by atoms with E-state index in [1.807, 2.05) is 50.2 Å². The lowest BCUT2D eigenvalue weighted by atomic mass is 10.1. The maximum absolute atomic E-state index is 12.6. The number of para-hydroxylation sites is 1. The van der Waals surface area contributed by atoms with Crippen LogP contribution in [0.2, 0.25) is 0 Å². The minimum atomic E-state index is -0.0555. The number of likely N-dealkylation sites (N-methyl/N-ethyl adjacent to an activating group) is 1. The van der Waals surface area contributed by atoms with Crippen LogP contribution in [-0.2, 0) is 11.3 Å². The number of rotatable bonds is 6. The van der Waals surface area contributed by atoms with Crippen LogP contribution in [0.15, 0.2) is 36.4 Å². The van der Waals surface area contributed by atoms with Crippen LogP contribution in [-0.4, -0.2) is 37.2 Å². The van der Waals surface area contributed by atoms with E-state index >= 15 is 0 Å². The molecule has 1 aliphatic heterocycles. The van der Waals surface area contributed by atoms with Crippen LogP contribution in [0.5, 0.6) is 17.2 Å². The van der Waals surface area contributed by atoms with Gasteiger partial charge in [-0.25, -0.2) is 0 Å². The van der Waals surface area contributed by atoms with Gasteiger partial charge in [-0.3, -0.25) is 4.79 Å². The van der Waals surface area contributed by atoms with Crippen LogP contribution in [0.3, 0.4) is 0 Å². The summed E-state index contributed by atoms with van der Waals surface area (Å²) in [5.74, 6) is 2.13. The van der Waals surface area contributed by atoms with Crippen molar-refractivity contribution in [2.75, 3.05) is 26.4 Å². The van der Waals surface area contributed by atoms with Gasteiger partial charge in [0.05, 0.1) is 0 Å². The van der Waals surface area contributed by atoms with Crippen LogP contribution < -0.4 is 14.2 Å². The summed E-state index contributed by atoms with van der Waals surface area (Å²) in [4.78, 5) is 14.4. The third-order valence-electron chi connectivity index (χ3n) is 4.58. The maximum atomic E-state index is 12.6. The Morgan fingerprint density at radius 2 is 1.92 bits per heavy atom. The molecule has 0 spiro atoms.